The largest absolute Gasteiger partial charge is 0.493 e. The minimum atomic E-state index is -0.435. The second-order valence-electron chi connectivity index (χ2n) is 4.05. The molecule has 114 valence electrons. The number of nitrogens with zero attached hydrogens (tertiary/aromatic N) is 2. The average Bonchev–Trinajstić information content (AvgIpc) is 3.02. The number of hydrogen-bond donors (Lipinski definition) is 2. The van der Waals surface area contributed by atoms with E-state index in [0.717, 1.165) is 0 Å². The summed E-state index contributed by atoms with van der Waals surface area (Å²) in [5.41, 5.74) is 11.0. The van der Waals surface area contributed by atoms with Gasteiger partial charge in [0.2, 0.25) is 5.96 Å². The van der Waals surface area contributed by atoms with Gasteiger partial charge in [0.15, 0.2) is 11.5 Å². The molecule has 22 heavy (non-hydrogen) atoms. The van der Waals surface area contributed by atoms with Crippen LogP contribution < -0.4 is 20.9 Å². The number of thiophene rings is 1. The maximum absolute atomic E-state index is 11.9. The highest BCUT2D eigenvalue weighted by molar-refractivity contribution is 7.12. The average molecular weight is 318 g/mol. The first kappa shape index (κ1) is 15.5. The van der Waals surface area contributed by atoms with E-state index in [1.165, 1.54) is 24.7 Å². The van der Waals surface area contributed by atoms with Crippen molar-refractivity contribution in [1.82, 2.24) is 0 Å². The van der Waals surface area contributed by atoms with E-state index in [1.807, 2.05) is 0 Å². The highest BCUT2D eigenvalue weighted by Crippen LogP contribution is 2.28. The van der Waals surface area contributed by atoms with Crippen molar-refractivity contribution in [1.29, 1.82) is 0 Å². The minimum Gasteiger partial charge on any atom is -0.493 e. The lowest BCUT2D eigenvalue weighted by Crippen LogP contribution is -2.21. The Bertz CT molecular complexity index is 707. The molecule has 4 N–H and O–H groups in total. The predicted octanol–water partition coefficient (Wildman–Crippen LogP) is 1.58. The van der Waals surface area contributed by atoms with Gasteiger partial charge in [-0.25, -0.2) is 4.79 Å². The fraction of sp³-hybridized carbons (Fsp3) is 0.0714. The lowest BCUT2D eigenvalue weighted by atomic mass is 10.2. The number of rotatable bonds is 5. The van der Waals surface area contributed by atoms with Crippen LogP contribution in [0.3, 0.4) is 0 Å². The molecule has 0 unspecified atom stereocenters. The van der Waals surface area contributed by atoms with Crippen molar-refractivity contribution in [2.75, 3.05) is 7.11 Å². The summed E-state index contributed by atoms with van der Waals surface area (Å²) in [7, 11) is 1.48. The highest BCUT2D eigenvalue weighted by Gasteiger charge is 2.13. The van der Waals surface area contributed by atoms with Gasteiger partial charge in [-0.2, -0.15) is 5.10 Å². The van der Waals surface area contributed by atoms with Crippen molar-refractivity contribution < 1.29 is 14.3 Å². The van der Waals surface area contributed by atoms with E-state index < -0.39 is 5.97 Å². The predicted molar refractivity (Wildman–Crippen MR) is 85.7 cm³/mol. The van der Waals surface area contributed by atoms with Gasteiger partial charge in [0.25, 0.3) is 0 Å². The van der Waals surface area contributed by atoms with Crippen molar-refractivity contribution in [3.8, 4) is 11.5 Å². The zero-order valence-electron chi connectivity index (χ0n) is 11.7. The SMILES string of the molecule is COc1cc(C=NN=C(N)N)ccc1OC(=O)c1cccs1. The molecule has 2 rings (SSSR count). The molecule has 0 saturated heterocycles. The summed E-state index contributed by atoms with van der Waals surface area (Å²) >= 11 is 1.31. The van der Waals surface area contributed by atoms with Crippen LogP contribution in [0.5, 0.6) is 11.5 Å². The maximum atomic E-state index is 11.9. The van der Waals surface area contributed by atoms with Gasteiger partial charge in [-0.1, -0.05) is 6.07 Å². The molecule has 8 heteroatoms. The molecule has 0 aliphatic heterocycles. The second kappa shape index (κ2) is 7.23. The van der Waals surface area contributed by atoms with Crippen LogP contribution in [0.25, 0.3) is 0 Å². The Morgan fingerprint density at radius 3 is 2.73 bits per heavy atom. The Labute approximate surface area is 130 Å². The molecule has 2 aromatic rings. The van der Waals surface area contributed by atoms with Crippen LogP contribution in [-0.2, 0) is 0 Å². The first-order valence-electron chi connectivity index (χ1n) is 6.16. The van der Waals surface area contributed by atoms with Crippen LogP contribution in [0, 0.1) is 0 Å². The number of nitrogens with two attached hydrogens (primary N) is 2. The smallest absolute Gasteiger partial charge is 0.353 e. The topological polar surface area (TPSA) is 112 Å². The molecule has 0 aliphatic carbocycles. The van der Waals surface area contributed by atoms with E-state index >= 15 is 0 Å². The van der Waals surface area contributed by atoms with E-state index in [9.17, 15) is 4.79 Å². The summed E-state index contributed by atoms with van der Waals surface area (Å²) in [5.74, 6) is 0.151. The van der Waals surface area contributed by atoms with E-state index in [2.05, 4.69) is 10.2 Å². The van der Waals surface area contributed by atoms with Crippen molar-refractivity contribution in [3.63, 3.8) is 0 Å². The number of guanidine groups is 1. The monoisotopic (exact) mass is 318 g/mol. The fourth-order valence-corrected chi connectivity index (χ4v) is 2.15. The number of carbonyl (C=O) groups is 1. The summed E-state index contributed by atoms with van der Waals surface area (Å²) in [6, 6.07) is 8.44. The second-order valence-corrected chi connectivity index (χ2v) is 4.99. The van der Waals surface area contributed by atoms with E-state index in [1.54, 1.807) is 35.7 Å². The van der Waals surface area contributed by atoms with Gasteiger partial charge < -0.3 is 20.9 Å². The van der Waals surface area contributed by atoms with E-state index in [4.69, 9.17) is 20.9 Å². The molecule has 0 atom stereocenters. The summed E-state index contributed by atoms with van der Waals surface area (Å²) in [6.45, 7) is 0. The zero-order chi connectivity index (χ0) is 15.9. The number of ether oxygens (including phenoxy) is 2. The molecule has 0 saturated carbocycles. The Morgan fingerprint density at radius 2 is 2.09 bits per heavy atom. The zero-order valence-corrected chi connectivity index (χ0v) is 12.5. The summed E-state index contributed by atoms with van der Waals surface area (Å²) in [6.07, 6.45) is 1.45. The third kappa shape index (κ3) is 4.06. The number of benzene rings is 1. The summed E-state index contributed by atoms with van der Waals surface area (Å²) < 4.78 is 10.5. The standard InChI is InChI=1S/C14H14N4O3S/c1-20-11-7-9(8-17-18-14(15)16)4-5-10(11)21-13(19)12-3-2-6-22-12/h2-8H,1H3,(H4,15,16,18). The molecule has 0 radical (unpaired) electrons. The van der Waals surface area contributed by atoms with Gasteiger partial charge in [0.05, 0.1) is 13.3 Å². The van der Waals surface area contributed by atoms with Crippen molar-refractivity contribution >= 4 is 29.5 Å². The molecule has 1 aromatic carbocycles. The minimum absolute atomic E-state index is 0.135. The van der Waals surface area contributed by atoms with Gasteiger partial charge in [-0.15, -0.1) is 16.4 Å². The Morgan fingerprint density at radius 1 is 1.27 bits per heavy atom. The molecule has 7 nitrogen and oxygen atoms in total. The third-order valence-corrected chi connectivity index (χ3v) is 3.34. The lowest BCUT2D eigenvalue weighted by Gasteiger charge is -2.09. The molecule has 0 aliphatic rings. The molecular formula is C14H14N4O3S. The quantitative estimate of drug-likeness (QED) is 0.286. The molecule has 1 heterocycles. The lowest BCUT2D eigenvalue weighted by molar-refractivity contribution is 0.0735. The van der Waals surface area contributed by atoms with Gasteiger partial charge in [-0.3, -0.25) is 0 Å². The van der Waals surface area contributed by atoms with Crippen molar-refractivity contribution in [3.05, 3.63) is 46.2 Å². The number of hydrogen-bond acceptors (Lipinski definition) is 6. The number of methoxy groups -OCH3 is 1. The van der Waals surface area contributed by atoms with Gasteiger partial charge >= 0.3 is 5.97 Å². The van der Waals surface area contributed by atoms with Gasteiger partial charge in [0, 0.05) is 0 Å². The Balaban J connectivity index is 2.17. The first-order valence-corrected chi connectivity index (χ1v) is 7.04. The van der Waals surface area contributed by atoms with Crippen LogP contribution in [0.1, 0.15) is 15.2 Å². The number of esters is 1. The number of carbonyl (C=O) groups excluding carboxylic acids is 1. The molecule has 1 aromatic heterocycles. The van der Waals surface area contributed by atoms with E-state index in [0.29, 0.717) is 21.9 Å². The molecule has 0 spiro atoms. The Kier molecular flexibility index (Phi) is 5.10. The Hall–Kier alpha value is -2.87. The highest BCUT2D eigenvalue weighted by atomic mass is 32.1. The summed E-state index contributed by atoms with van der Waals surface area (Å²) in [5, 5.41) is 9.00. The molecular weight excluding hydrogens is 304 g/mol. The summed E-state index contributed by atoms with van der Waals surface area (Å²) in [4.78, 5) is 12.5. The maximum Gasteiger partial charge on any atom is 0.353 e. The van der Waals surface area contributed by atoms with Crippen LogP contribution in [0.4, 0.5) is 0 Å². The molecule has 0 amide bonds. The van der Waals surface area contributed by atoms with Crippen molar-refractivity contribution in [2.24, 2.45) is 21.7 Å². The van der Waals surface area contributed by atoms with Crippen molar-refractivity contribution in [2.45, 2.75) is 0 Å². The van der Waals surface area contributed by atoms with Gasteiger partial charge in [-0.05, 0) is 35.2 Å². The third-order valence-electron chi connectivity index (χ3n) is 2.49. The van der Waals surface area contributed by atoms with Crippen LogP contribution >= 0.6 is 11.3 Å². The van der Waals surface area contributed by atoms with Crippen LogP contribution in [0.15, 0.2) is 45.9 Å². The normalized spacial score (nSPS) is 10.4. The van der Waals surface area contributed by atoms with Gasteiger partial charge in [0.1, 0.15) is 4.88 Å². The van der Waals surface area contributed by atoms with E-state index in [-0.39, 0.29) is 5.96 Å². The first-order chi connectivity index (χ1) is 10.6. The fourth-order valence-electron chi connectivity index (χ4n) is 1.56. The van der Waals surface area contributed by atoms with Crippen LogP contribution in [-0.4, -0.2) is 25.3 Å². The molecule has 0 bridgehead atoms. The molecule has 0 fully saturated rings. The van der Waals surface area contributed by atoms with Crippen LogP contribution in [0.2, 0.25) is 0 Å².